The van der Waals surface area contributed by atoms with Gasteiger partial charge in [-0.05, 0) is 42.2 Å². The number of carbonyl (C=O) groups is 2. The van der Waals surface area contributed by atoms with E-state index in [1.807, 2.05) is 24.3 Å². The molecule has 0 aliphatic heterocycles. The Labute approximate surface area is 159 Å². The van der Waals surface area contributed by atoms with Crippen LogP contribution in [0.25, 0.3) is 0 Å². The average Bonchev–Trinajstić information content (AvgIpc) is 2.71. The quantitative estimate of drug-likeness (QED) is 0.710. The lowest BCUT2D eigenvalue weighted by Crippen LogP contribution is -2.21. The Morgan fingerprint density at radius 1 is 1.07 bits per heavy atom. The molecule has 0 fully saturated rings. The second-order valence-corrected chi connectivity index (χ2v) is 6.12. The van der Waals surface area contributed by atoms with Gasteiger partial charge in [-0.2, -0.15) is 0 Å². The molecule has 0 unspecified atom stereocenters. The van der Waals surface area contributed by atoms with Gasteiger partial charge in [-0.25, -0.2) is 4.79 Å². The average molecular weight is 371 g/mol. The first-order chi connectivity index (χ1) is 13.0. The third-order valence-electron chi connectivity index (χ3n) is 4.33. The van der Waals surface area contributed by atoms with E-state index in [-0.39, 0.29) is 23.8 Å². The molecule has 0 aliphatic rings. The highest BCUT2D eigenvalue weighted by atomic mass is 16.5. The Morgan fingerprint density at radius 3 is 2.37 bits per heavy atom. The van der Waals surface area contributed by atoms with Gasteiger partial charge >= 0.3 is 5.97 Å². The van der Waals surface area contributed by atoms with Gasteiger partial charge in [0, 0.05) is 11.8 Å². The van der Waals surface area contributed by atoms with Crippen LogP contribution < -0.4 is 14.8 Å². The lowest BCUT2D eigenvalue weighted by atomic mass is 9.99. The third kappa shape index (κ3) is 5.48. The van der Waals surface area contributed by atoms with Gasteiger partial charge in [-0.3, -0.25) is 4.79 Å². The minimum absolute atomic E-state index is 0.225. The molecule has 1 N–H and O–H groups in total. The number of hydrogen-bond donors (Lipinski definition) is 1. The molecule has 0 radical (unpaired) electrons. The summed E-state index contributed by atoms with van der Waals surface area (Å²) in [5, 5.41) is 2.78. The van der Waals surface area contributed by atoms with Crippen LogP contribution in [0.2, 0.25) is 0 Å². The van der Waals surface area contributed by atoms with Gasteiger partial charge in [0.1, 0.15) is 17.1 Å². The molecule has 0 saturated carbocycles. The standard InChI is InChI=1S/C21H25NO5/c1-5-14(2)15-6-8-16(9-7-15)22-20(23)13-27-19-12-17(25-3)10-11-18(19)21(24)26-4/h6-12,14H,5,13H2,1-4H3,(H,22,23)/t14-/m0/s1. The molecule has 0 saturated heterocycles. The largest absolute Gasteiger partial charge is 0.497 e. The van der Waals surface area contributed by atoms with Crippen LogP contribution >= 0.6 is 0 Å². The van der Waals surface area contributed by atoms with E-state index in [0.29, 0.717) is 17.4 Å². The van der Waals surface area contributed by atoms with Crippen molar-refractivity contribution >= 4 is 17.6 Å². The number of hydrogen-bond acceptors (Lipinski definition) is 5. The zero-order valence-corrected chi connectivity index (χ0v) is 16.1. The Bertz CT molecular complexity index is 786. The number of methoxy groups -OCH3 is 2. The van der Waals surface area contributed by atoms with Crippen LogP contribution in [0.5, 0.6) is 11.5 Å². The van der Waals surface area contributed by atoms with Crippen molar-refractivity contribution in [2.24, 2.45) is 0 Å². The van der Waals surface area contributed by atoms with Crippen molar-refractivity contribution in [1.29, 1.82) is 0 Å². The summed E-state index contributed by atoms with van der Waals surface area (Å²) in [6.45, 7) is 4.05. The van der Waals surface area contributed by atoms with E-state index in [9.17, 15) is 9.59 Å². The maximum atomic E-state index is 12.2. The van der Waals surface area contributed by atoms with E-state index < -0.39 is 5.97 Å². The minimum Gasteiger partial charge on any atom is -0.497 e. The van der Waals surface area contributed by atoms with Crippen LogP contribution in [0.4, 0.5) is 5.69 Å². The smallest absolute Gasteiger partial charge is 0.341 e. The van der Waals surface area contributed by atoms with Crippen LogP contribution in [-0.2, 0) is 9.53 Å². The fourth-order valence-electron chi connectivity index (χ4n) is 2.50. The maximum Gasteiger partial charge on any atom is 0.341 e. The number of rotatable bonds is 8. The van der Waals surface area contributed by atoms with Crippen molar-refractivity contribution in [3.05, 3.63) is 53.6 Å². The number of nitrogens with one attached hydrogen (secondary N) is 1. The van der Waals surface area contributed by atoms with Crippen LogP contribution in [0.3, 0.4) is 0 Å². The van der Waals surface area contributed by atoms with E-state index in [1.54, 1.807) is 12.1 Å². The number of carbonyl (C=O) groups excluding carboxylic acids is 2. The van der Waals surface area contributed by atoms with Crippen molar-refractivity contribution < 1.29 is 23.8 Å². The number of benzene rings is 2. The molecule has 27 heavy (non-hydrogen) atoms. The van der Waals surface area contributed by atoms with Gasteiger partial charge in [0.2, 0.25) is 0 Å². The van der Waals surface area contributed by atoms with Gasteiger partial charge in [0.15, 0.2) is 6.61 Å². The van der Waals surface area contributed by atoms with Crippen LogP contribution in [0.1, 0.15) is 42.1 Å². The Hall–Kier alpha value is -3.02. The normalized spacial score (nSPS) is 11.4. The minimum atomic E-state index is -0.548. The summed E-state index contributed by atoms with van der Waals surface area (Å²) in [6, 6.07) is 12.4. The fourth-order valence-corrected chi connectivity index (χ4v) is 2.50. The highest BCUT2D eigenvalue weighted by Crippen LogP contribution is 2.26. The lowest BCUT2D eigenvalue weighted by Gasteiger charge is -2.13. The Balaban J connectivity index is 2.01. The van der Waals surface area contributed by atoms with Crippen LogP contribution in [0, 0.1) is 0 Å². The number of amides is 1. The third-order valence-corrected chi connectivity index (χ3v) is 4.33. The Kier molecular flexibility index (Phi) is 7.23. The molecule has 1 atom stereocenters. The topological polar surface area (TPSA) is 73.9 Å². The van der Waals surface area contributed by atoms with Gasteiger partial charge in [0.05, 0.1) is 14.2 Å². The summed E-state index contributed by atoms with van der Waals surface area (Å²) in [7, 11) is 2.79. The Morgan fingerprint density at radius 2 is 1.78 bits per heavy atom. The number of esters is 1. The SMILES string of the molecule is CC[C@H](C)c1ccc(NC(=O)COc2cc(OC)ccc2C(=O)OC)cc1. The summed E-state index contributed by atoms with van der Waals surface area (Å²) >= 11 is 0. The molecule has 0 aliphatic carbocycles. The molecule has 144 valence electrons. The molecule has 6 heteroatoms. The van der Waals surface area contributed by atoms with Gasteiger partial charge in [0.25, 0.3) is 5.91 Å². The summed E-state index contributed by atoms with van der Waals surface area (Å²) < 4.78 is 15.4. The summed E-state index contributed by atoms with van der Waals surface area (Å²) in [4.78, 5) is 24.0. The van der Waals surface area contributed by atoms with E-state index in [0.717, 1.165) is 6.42 Å². The number of ether oxygens (including phenoxy) is 3. The molecule has 0 aromatic heterocycles. The molecule has 6 nitrogen and oxygen atoms in total. The predicted molar refractivity (Wildman–Crippen MR) is 104 cm³/mol. The van der Waals surface area contributed by atoms with Gasteiger partial charge < -0.3 is 19.5 Å². The van der Waals surface area contributed by atoms with Crippen molar-refractivity contribution in [3.8, 4) is 11.5 Å². The molecular weight excluding hydrogens is 346 g/mol. The van der Waals surface area contributed by atoms with E-state index in [4.69, 9.17) is 14.2 Å². The first kappa shape index (κ1) is 20.3. The number of anilines is 1. The summed E-state index contributed by atoms with van der Waals surface area (Å²) in [5.41, 5.74) is 2.14. The monoisotopic (exact) mass is 371 g/mol. The maximum absolute atomic E-state index is 12.2. The zero-order chi connectivity index (χ0) is 19.8. The highest BCUT2D eigenvalue weighted by molar-refractivity contribution is 5.94. The molecule has 0 bridgehead atoms. The fraction of sp³-hybridized carbons (Fsp3) is 0.333. The zero-order valence-electron chi connectivity index (χ0n) is 16.1. The van der Waals surface area contributed by atoms with E-state index in [1.165, 1.54) is 25.8 Å². The molecule has 0 spiro atoms. The van der Waals surface area contributed by atoms with Gasteiger partial charge in [-0.1, -0.05) is 26.0 Å². The summed E-state index contributed by atoms with van der Waals surface area (Å²) in [6.07, 6.45) is 1.06. The van der Waals surface area contributed by atoms with Crippen molar-refractivity contribution in [1.82, 2.24) is 0 Å². The van der Waals surface area contributed by atoms with E-state index in [2.05, 4.69) is 19.2 Å². The first-order valence-corrected chi connectivity index (χ1v) is 8.77. The molecular formula is C21H25NO5. The molecule has 0 heterocycles. The van der Waals surface area contributed by atoms with Crippen LogP contribution in [0.15, 0.2) is 42.5 Å². The predicted octanol–water partition coefficient (Wildman–Crippen LogP) is 4.01. The molecule has 2 rings (SSSR count). The van der Waals surface area contributed by atoms with Crippen molar-refractivity contribution in [3.63, 3.8) is 0 Å². The molecule has 1 amide bonds. The first-order valence-electron chi connectivity index (χ1n) is 8.77. The second kappa shape index (κ2) is 9.62. The van der Waals surface area contributed by atoms with Crippen LogP contribution in [-0.4, -0.2) is 32.7 Å². The van der Waals surface area contributed by atoms with Crippen molar-refractivity contribution in [2.45, 2.75) is 26.2 Å². The van der Waals surface area contributed by atoms with E-state index >= 15 is 0 Å². The highest BCUT2D eigenvalue weighted by Gasteiger charge is 2.15. The summed E-state index contributed by atoms with van der Waals surface area (Å²) in [5.74, 6) is 0.337. The van der Waals surface area contributed by atoms with Gasteiger partial charge in [-0.15, -0.1) is 0 Å². The van der Waals surface area contributed by atoms with Crippen molar-refractivity contribution in [2.75, 3.05) is 26.1 Å². The second-order valence-electron chi connectivity index (χ2n) is 6.12. The lowest BCUT2D eigenvalue weighted by molar-refractivity contribution is -0.118. The molecule has 2 aromatic rings. The molecule has 2 aromatic carbocycles.